The highest BCUT2D eigenvalue weighted by molar-refractivity contribution is 6.32. The van der Waals surface area contributed by atoms with Crippen molar-refractivity contribution in [1.29, 1.82) is 0 Å². The van der Waals surface area contributed by atoms with Gasteiger partial charge in [0.25, 0.3) is 5.91 Å². The number of rotatable bonds is 5. The van der Waals surface area contributed by atoms with Crippen molar-refractivity contribution in [3.05, 3.63) is 46.7 Å². The van der Waals surface area contributed by atoms with E-state index in [1.54, 1.807) is 31.5 Å². The smallest absolute Gasteiger partial charge is 0.254 e. The molecular formula is C18H23ClN4O2. The fourth-order valence-corrected chi connectivity index (χ4v) is 3.40. The van der Waals surface area contributed by atoms with Crippen LogP contribution in [0.15, 0.2) is 30.5 Å². The van der Waals surface area contributed by atoms with E-state index < -0.39 is 0 Å². The van der Waals surface area contributed by atoms with Crippen LogP contribution < -0.4 is 4.74 Å². The molecule has 0 fully saturated rings. The Morgan fingerprint density at radius 2 is 2.20 bits per heavy atom. The largest absolute Gasteiger partial charge is 0.495 e. The molecule has 2 aromatic rings. The van der Waals surface area contributed by atoms with Crippen LogP contribution in [-0.4, -0.2) is 59.8 Å². The van der Waals surface area contributed by atoms with E-state index in [1.165, 1.54) is 0 Å². The Hall–Kier alpha value is -2.05. The lowest BCUT2D eigenvalue weighted by molar-refractivity contribution is 0.0660. The number of carbonyl (C=O) groups excluding carboxylic acids is 1. The van der Waals surface area contributed by atoms with Gasteiger partial charge in [-0.25, -0.2) is 0 Å². The van der Waals surface area contributed by atoms with Gasteiger partial charge in [-0.2, -0.15) is 5.10 Å². The van der Waals surface area contributed by atoms with Crippen LogP contribution in [-0.2, 0) is 6.54 Å². The first kappa shape index (κ1) is 17.8. The maximum atomic E-state index is 13.0. The Morgan fingerprint density at radius 3 is 2.88 bits per heavy atom. The van der Waals surface area contributed by atoms with Gasteiger partial charge >= 0.3 is 0 Å². The third-order valence-corrected chi connectivity index (χ3v) is 4.77. The molecule has 1 amide bonds. The molecular weight excluding hydrogens is 340 g/mol. The van der Waals surface area contributed by atoms with Crippen molar-refractivity contribution in [2.45, 2.75) is 19.0 Å². The molecule has 1 aromatic carbocycles. The average molecular weight is 363 g/mol. The second-order valence-electron chi connectivity index (χ2n) is 6.55. The molecule has 0 aliphatic carbocycles. The van der Waals surface area contributed by atoms with Crippen molar-refractivity contribution in [2.24, 2.45) is 0 Å². The molecule has 0 saturated heterocycles. The highest BCUT2D eigenvalue weighted by atomic mass is 35.5. The second kappa shape index (κ2) is 7.45. The third-order valence-electron chi connectivity index (χ3n) is 4.48. The first-order valence-electron chi connectivity index (χ1n) is 8.29. The van der Waals surface area contributed by atoms with Crippen molar-refractivity contribution in [1.82, 2.24) is 19.6 Å². The van der Waals surface area contributed by atoms with E-state index in [9.17, 15) is 4.79 Å². The van der Waals surface area contributed by atoms with Crippen molar-refractivity contribution in [3.8, 4) is 5.75 Å². The molecule has 0 saturated carbocycles. The van der Waals surface area contributed by atoms with Gasteiger partial charge in [-0.15, -0.1) is 0 Å². The Labute approximate surface area is 152 Å². The van der Waals surface area contributed by atoms with E-state index in [0.29, 0.717) is 29.4 Å². The van der Waals surface area contributed by atoms with E-state index in [0.717, 1.165) is 18.7 Å². The Morgan fingerprint density at radius 1 is 1.40 bits per heavy atom. The number of fused-ring (bicyclic) bond motifs is 1. The number of aromatic nitrogens is 2. The molecule has 1 aromatic heterocycles. The number of hydrogen-bond donors (Lipinski definition) is 0. The zero-order valence-corrected chi connectivity index (χ0v) is 15.5. The van der Waals surface area contributed by atoms with Gasteiger partial charge in [0.1, 0.15) is 5.75 Å². The SMILES string of the molecule is COc1ccc(C(=O)N2Cc3ccnn3[C@H](CCN(C)C)C2)cc1Cl. The maximum Gasteiger partial charge on any atom is 0.254 e. The highest BCUT2D eigenvalue weighted by Crippen LogP contribution is 2.28. The lowest BCUT2D eigenvalue weighted by Crippen LogP contribution is -2.42. The van der Waals surface area contributed by atoms with Gasteiger partial charge < -0.3 is 14.5 Å². The van der Waals surface area contributed by atoms with Crippen LogP contribution in [0.5, 0.6) is 5.75 Å². The van der Waals surface area contributed by atoms with Crippen molar-refractivity contribution >= 4 is 17.5 Å². The van der Waals surface area contributed by atoms with Gasteiger partial charge in [-0.1, -0.05) is 11.6 Å². The highest BCUT2D eigenvalue weighted by Gasteiger charge is 2.29. The Bertz CT molecular complexity index is 759. The summed E-state index contributed by atoms with van der Waals surface area (Å²) in [5.74, 6) is 0.547. The molecule has 2 heterocycles. The van der Waals surface area contributed by atoms with E-state index in [2.05, 4.69) is 24.1 Å². The molecule has 0 N–H and O–H groups in total. The summed E-state index contributed by atoms with van der Waals surface area (Å²) >= 11 is 6.17. The van der Waals surface area contributed by atoms with Gasteiger partial charge in [-0.05, 0) is 51.3 Å². The lowest BCUT2D eigenvalue weighted by atomic mass is 10.1. The topological polar surface area (TPSA) is 50.6 Å². The summed E-state index contributed by atoms with van der Waals surface area (Å²) in [5, 5.41) is 4.89. The zero-order chi connectivity index (χ0) is 18.0. The first-order valence-corrected chi connectivity index (χ1v) is 8.67. The normalized spacial score (nSPS) is 16.8. The van der Waals surface area contributed by atoms with Gasteiger partial charge in [0.15, 0.2) is 0 Å². The summed E-state index contributed by atoms with van der Waals surface area (Å²) in [6, 6.07) is 7.31. The van der Waals surface area contributed by atoms with Crippen LogP contribution in [0.1, 0.15) is 28.5 Å². The molecule has 7 heteroatoms. The fourth-order valence-electron chi connectivity index (χ4n) is 3.14. The molecule has 3 rings (SSSR count). The molecule has 1 aliphatic rings. The van der Waals surface area contributed by atoms with Crippen LogP contribution in [0, 0.1) is 0 Å². The number of methoxy groups -OCH3 is 1. The fraction of sp³-hybridized carbons (Fsp3) is 0.444. The molecule has 25 heavy (non-hydrogen) atoms. The quantitative estimate of drug-likeness (QED) is 0.820. The summed E-state index contributed by atoms with van der Waals surface area (Å²) in [7, 11) is 5.66. The minimum atomic E-state index is -0.0214. The van der Waals surface area contributed by atoms with Crippen LogP contribution in [0.25, 0.3) is 0 Å². The minimum Gasteiger partial charge on any atom is -0.495 e. The second-order valence-corrected chi connectivity index (χ2v) is 6.96. The zero-order valence-electron chi connectivity index (χ0n) is 14.8. The number of nitrogens with zero attached hydrogens (tertiary/aromatic N) is 4. The predicted molar refractivity (Wildman–Crippen MR) is 97.2 cm³/mol. The minimum absolute atomic E-state index is 0.0214. The van der Waals surface area contributed by atoms with Crippen molar-refractivity contribution in [2.75, 3.05) is 34.3 Å². The van der Waals surface area contributed by atoms with Gasteiger partial charge in [-0.3, -0.25) is 9.48 Å². The molecule has 6 nitrogen and oxygen atoms in total. The Kier molecular flexibility index (Phi) is 5.30. The Balaban J connectivity index is 1.80. The van der Waals surface area contributed by atoms with Crippen LogP contribution in [0.2, 0.25) is 5.02 Å². The molecule has 1 atom stereocenters. The number of amides is 1. The van der Waals surface area contributed by atoms with Crippen molar-refractivity contribution in [3.63, 3.8) is 0 Å². The number of halogens is 1. The number of ether oxygens (including phenoxy) is 1. The summed E-state index contributed by atoms with van der Waals surface area (Å²) in [4.78, 5) is 17.0. The summed E-state index contributed by atoms with van der Waals surface area (Å²) in [6.45, 7) is 2.15. The molecule has 0 radical (unpaired) electrons. The summed E-state index contributed by atoms with van der Waals surface area (Å²) in [6.07, 6.45) is 2.74. The molecule has 0 bridgehead atoms. The summed E-state index contributed by atoms with van der Waals surface area (Å²) in [5.41, 5.74) is 1.63. The van der Waals surface area contributed by atoms with E-state index in [1.807, 2.05) is 15.6 Å². The number of benzene rings is 1. The van der Waals surface area contributed by atoms with E-state index >= 15 is 0 Å². The summed E-state index contributed by atoms with van der Waals surface area (Å²) < 4.78 is 7.21. The predicted octanol–water partition coefficient (Wildman–Crippen LogP) is 2.69. The average Bonchev–Trinajstić information content (AvgIpc) is 3.07. The molecule has 1 aliphatic heterocycles. The third kappa shape index (κ3) is 3.80. The van der Waals surface area contributed by atoms with Crippen LogP contribution in [0.3, 0.4) is 0 Å². The molecule has 134 valence electrons. The van der Waals surface area contributed by atoms with E-state index in [4.69, 9.17) is 16.3 Å². The number of carbonyl (C=O) groups is 1. The molecule has 0 unspecified atom stereocenters. The number of hydrogen-bond acceptors (Lipinski definition) is 4. The van der Waals surface area contributed by atoms with Gasteiger partial charge in [0.2, 0.25) is 0 Å². The van der Waals surface area contributed by atoms with Crippen LogP contribution >= 0.6 is 11.6 Å². The van der Waals surface area contributed by atoms with E-state index in [-0.39, 0.29) is 11.9 Å². The standard InChI is InChI=1S/C18H23ClN4O2/c1-21(2)9-7-15-12-22(11-14-6-8-20-23(14)15)18(24)13-4-5-17(25-3)16(19)10-13/h4-6,8,10,15H,7,9,11-12H2,1-3H3/t15-/m1/s1. The molecule has 0 spiro atoms. The first-order chi connectivity index (χ1) is 12.0. The van der Waals surface area contributed by atoms with Crippen LogP contribution in [0.4, 0.5) is 0 Å². The van der Waals surface area contributed by atoms with Gasteiger partial charge in [0, 0.05) is 18.3 Å². The van der Waals surface area contributed by atoms with Crippen molar-refractivity contribution < 1.29 is 9.53 Å². The lowest BCUT2D eigenvalue weighted by Gasteiger charge is -2.34. The van der Waals surface area contributed by atoms with Gasteiger partial charge in [0.05, 0.1) is 30.4 Å². The maximum absolute atomic E-state index is 13.0. The monoisotopic (exact) mass is 362 g/mol.